The van der Waals surface area contributed by atoms with E-state index in [0.29, 0.717) is 81.7 Å². The minimum atomic E-state index is -2.32. The minimum absolute atomic E-state index is 0.0847. The average Bonchev–Trinajstić information content (AvgIpc) is 3.89. The molecule has 1 aromatic heterocycles. The van der Waals surface area contributed by atoms with Crippen molar-refractivity contribution in [2.24, 2.45) is 17.2 Å². The molecular formula is C42H54N6O7. The van der Waals surface area contributed by atoms with Gasteiger partial charge in [-0.25, -0.2) is 5.84 Å². The van der Waals surface area contributed by atoms with Crippen molar-refractivity contribution >= 4 is 28.5 Å². The van der Waals surface area contributed by atoms with Crippen molar-refractivity contribution in [1.29, 1.82) is 0 Å². The third-order valence-electron chi connectivity index (χ3n) is 14.9. The predicted octanol–water partition coefficient (Wildman–Crippen LogP) is 2.21. The molecule has 2 aromatic carbocycles. The number of hydrogen-bond donors (Lipinski definition) is 7. The number of para-hydroxylation sites is 1. The number of nitrogens with one attached hydrogen (secondary N) is 3. The number of aliphatic hydroxyl groups is 3. The van der Waals surface area contributed by atoms with Crippen molar-refractivity contribution in [3.05, 3.63) is 70.9 Å². The fourth-order valence-electron chi connectivity index (χ4n) is 12.7. The normalized spacial score (nSPS) is 38.7. The number of aliphatic hydroxyl groups excluding tert-OH is 1. The number of aromatic nitrogens is 1. The Morgan fingerprint density at radius 1 is 1.07 bits per heavy atom. The number of amides is 1. The number of carbonyl (C=O) groups excluding carboxylic acids is 2. The summed E-state index contributed by atoms with van der Waals surface area (Å²) in [6.45, 7) is 7.34. The molecule has 3 fully saturated rings. The van der Waals surface area contributed by atoms with Gasteiger partial charge in [0.25, 0.3) is 5.91 Å². The number of nitrogens with zero attached hydrogens (tertiary/aromatic N) is 2. The third kappa shape index (κ3) is 4.62. The molecule has 13 heteroatoms. The summed E-state index contributed by atoms with van der Waals surface area (Å²) in [6.07, 6.45) is 5.68. The maximum atomic E-state index is 15.2. The summed E-state index contributed by atoms with van der Waals surface area (Å²) < 4.78 is 12.2. The van der Waals surface area contributed by atoms with E-state index in [2.05, 4.69) is 37.7 Å². The molecule has 1 spiro atoms. The Bertz CT molecular complexity index is 2100. The molecule has 3 aromatic rings. The largest absolute Gasteiger partial charge is 0.496 e. The van der Waals surface area contributed by atoms with Crippen molar-refractivity contribution in [3.63, 3.8) is 0 Å². The Balaban J connectivity index is 1.34. The van der Waals surface area contributed by atoms with E-state index >= 15 is 4.79 Å². The molecule has 1 saturated carbocycles. The molecule has 2 saturated heterocycles. The second kappa shape index (κ2) is 12.5. The molecule has 2 bridgehead atoms. The summed E-state index contributed by atoms with van der Waals surface area (Å²) >= 11 is 0. The van der Waals surface area contributed by atoms with Crippen LogP contribution in [0.5, 0.6) is 5.75 Å². The number of fused-ring (bicyclic) bond motifs is 6. The standard InChI is InChI=1S/C42H54N6O7/c1-5-38(52)20-24-21-41(37(51)55-4,32-26(12-16-47(22-24)23-38)25-10-7-8-11-29(25)44-32)28-18-27-30(19-31(28)54-3)45-33-40(27)14-17-48-15-9-13-39(6-2,34(40)48)35(49)42(33,53)36(50)46-43/h7-11,13,18-19,24,33-35,44-45,49,52-53H,5-6,12,14-17,20-23,43H2,1-4H3,(H,46,50)/t24-,33+,34-,35+,38-,39+,40-,41-,42-/m0/s1. The first-order valence-corrected chi connectivity index (χ1v) is 19.9. The number of ether oxygens (including phenoxy) is 2. The van der Waals surface area contributed by atoms with E-state index in [4.69, 9.17) is 15.3 Å². The van der Waals surface area contributed by atoms with Gasteiger partial charge in [0.05, 0.1) is 25.9 Å². The number of carbonyl (C=O) groups is 2. The number of methoxy groups -OCH3 is 2. The second-order valence-corrected chi connectivity index (χ2v) is 17.2. The molecule has 13 nitrogen and oxygen atoms in total. The van der Waals surface area contributed by atoms with Crippen LogP contribution < -0.4 is 21.3 Å². The average molecular weight is 755 g/mol. The van der Waals surface area contributed by atoms with Crippen LogP contribution in [0.3, 0.4) is 0 Å². The lowest BCUT2D eigenvalue weighted by molar-refractivity contribution is -0.200. The number of aromatic amines is 1. The predicted molar refractivity (Wildman–Crippen MR) is 206 cm³/mol. The van der Waals surface area contributed by atoms with Crippen LogP contribution in [-0.2, 0) is 31.6 Å². The molecular weight excluding hydrogens is 700 g/mol. The van der Waals surface area contributed by atoms with Crippen LogP contribution in [0.1, 0.15) is 68.3 Å². The Labute approximate surface area is 321 Å². The number of H-pyrrole nitrogens is 1. The van der Waals surface area contributed by atoms with Crippen LogP contribution in [0.15, 0.2) is 48.6 Å². The van der Waals surface area contributed by atoms with Gasteiger partial charge in [0, 0.05) is 77.0 Å². The molecule has 0 radical (unpaired) electrons. The number of anilines is 1. The molecule has 6 heterocycles. The fourth-order valence-corrected chi connectivity index (χ4v) is 12.7. The topological polar surface area (TPSA) is 186 Å². The Morgan fingerprint density at radius 2 is 1.87 bits per heavy atom. The highest BCUT2D eigenvalue weighted by Gasteiger charge is 2.77. The number of rotatable bonds is 6. The highest BCUT2D eigenvalue weighted by molar-refractivity contribution is 5.95. The summed E-state index contributed by atoms with van der Waals surface area (Å²) in [5.41, 5.74) is 0.490. The summed E-state index contributed by atoms with van der Waals surface area (Å²) in [5, 5.41) is 41.4. The maximum absolute atomic E-state index is 15.2. The van der Waals surface area contributed by atoms with E-state index in [-0.39, 0.29) is 12.0 Å². The molecule has 5 aliphatic heterocycles. The van der Waals surface area contributed by atoms with Gasteiger partial charge in [-0.3, -0.25) is 24.8 Å². The number of hydrogen-bond acceptors (Lipinski definition) is 11. The fraction of sp³-hybridized carbons (Fsp3) is 0.571. The molecule has 6 aliphatic rings. The summed E-state index contributed by atoms with van der Waals surface area (Å²) in [5.74, 6) is 4.84. The van der Waals surface area contributed by atoms with Gasteiger partial charge in [0.2, 0.25) is 0 Å². The van der Waals surface area contributed by atoms with Crippen LogP contribution in [0, 0.1) is 11.3 Å². The molecule has 55 heavy (non-hydrogen) atoms. The minimum Gasteiger partial charge on any atom is -0.496 e. The lowest BCUT2D eigenvalue weighted by Gasteiger charge is -2.62. The zero-order chi connectivity index (χ0) is 38.7. The number of nitrogens with two attached hydrogens (primary N) is 1. The molecule has 1 aliphatic carbocycles. The number of esters is 1. The van der Waals surface area contributed by atoms with Gasteiger partial charge in [0.1, 0.15) is 17.3 Å². The molecule has 9 rings (SSSR count). The first-order valence-electron chi connectivity index (χ1n) is 19.9. The second-order valence-electron chi connectivity index (χ2n) is 17.2. The SMILES string of the molecule is CC[C@]1(O)C[C@@H]2CN(CCc3c([nH]c4ccccc34)[C@@](C(=O)OC)(c3cc4c(cc3OC)N[C@H]3[C@@](O)(C(=O)NN)[C@H](O)[C@]5(CC)C=CCN6CC[C@]43[C@@H]65)C2)C1. The van der Waals surface area contributed by atoms with Gasteiger partial charge >= 0.3 is 5.97 Å². The van der Waals surface area contributed by atoms with E-state index in [1.807, 2.05) is 50.3 Å². The number of hydrazine groups is 1. The van der Waals surface area contributed by atoms with E-state index in [9.17, 15) is 20.1 Å². The van der Waals surface area contributed by atoms with Gasteiger partial charge in [-0.2, -0.15) is 0 Å². The van der Waals surface area contributed by atoms with Crippen LogP contribution in [0.25, 0.3) is 10.9 Å². The van der Waals surface area contributed by atoms with Gasteiger partial charge in [0.15, 0.2) is 5.60 Å². The van der Waals surface area contributed by atoms with Gasteiger partial charge in [-0.15, -0.1) is 0 Å². The van der Waals surface area contributed by atoms with Crippen LogP contribution in [0.4, 0.5) is 5.69 Å². The van der Waals surface area contributed by atoms with Crippen molar-refractivity contribution in [2.75, 3.05) is 52.3 Å². The number of piperidine rings is 1. The first-order chi connectivity index (χ1) is 26.4. The third-order valence-corrected chi connectivity index (χ3v) is 14.9. The zero-order valence-corrected chi connectivity index (χ0v) is 32.2. The van der Waals surface area contributed by atoms with Gasteiger partial charge in [-0.05, 0) is 74.2 Å². The van der Waals surface area contributed by atoms with Gasteiger partial charge < -0.3 is 35.1 Å². The molecule has 294 valence electrons. The van der Waals surface area contributed by atoms with E-state index in [0.717, 1.165) is 34.3 Å². The lowest BCUT2D eigenvalue weighted by Crippen LogP contribution is -2.81. The summed E-state index contributed by atoms with van der Waals surface area (Å²) in [6, 6.07) is 10.8. The van der Waals surface area contributed by atoms with Crippen LogP contribution >= 0.6 is 0 Å². The van der Waals surface area contributed by atoms with Crippen LogP contribution in [-0.4, -0.2) is 118 Å². The van der Waals surface area contributed by atoms with Crippen molar-refractivity contribution in [1.82, 2.24) is 20.2 Å². The molecule has 8 N–H and O–H groups in total. The van der Waals surface area contributed by atoms with Crippen molar-refractivity contribution in [3.8, 4) is 5.75 Å². The van der Waals surface area contributed by atoms with Gasteiger partial charge in [-0.1, -0.05) is 44.2 Å². The van der Waals surface area contributed by atoms with Crippen LogP contribution in [0.2, 0.25) is 0 Å². The van der Waals surface area contributed by atoms with Crippen molar-refractivity contribution in [2.45, 2.75) is 92.6 Å². The lowest BCUT2D eigenvalue weighted by atomic mass is 9.47. The highest BCUT2D eigenvalue weighted by Crippen LogP contribution is 2.66. The quantitative estimate of drug-likeness (QED) is 0.0644. The van der Waals surface area contributed by atoms with E-state index in [1.165, 1.54) is 7.11 Å². The van der Waals surface area contributed by atoms with Crippen molar-refractivity contribution < 1.29 is 34.4 Å². The molecule has 1 unspecified atom stereocenters. The Kier molecular flexibility index (Phi) is 8.34. The summed E-state index contributed by atoms with van der Waals surface area (Å²) in [7, 11) is 3.01. The molecule has 1 amide bonds. The molecule has 10 atom stereocenters. The smallest absolute Gasteiger partial charge is 0.322 e. The monoisotopic (exact) mass is 754 g/mol. The number of benzene rings is 2. The Hall–Kier alpha value is -3.98. The maximum Gasteiger partial charge on any atom is 0.322 e. The summed E-state index contributed by atoms with van der Waals surface area (Å²) in [4.78, 5) is 37.5. The van der Waals surface area contributed by atoms with E-state index < -0.39 is 51.5 Å². The van der Waals surface area contributed by atoms with E-state index in [1.54, 1.807) is 7.11 Å². The highest BCUT2D eigenvalue weighted by atomic mass is 16.5. The Morgan fingerprint density at radius 3 is 2.60 bits per heavy atom. The zero-order valence-electron chi connectivity index (χ0n) is 32.2. The first kappa shape index (κ1) is 36.6.